The van der Waals surface area contributed by atoms with Gasteiger partial charge in [0.05, 0.1) is 0 Å². The molecule has 0 N–H and O–H groups in total. The summed E-state index contributed by atoms with van der Waals surface area (Å²) in [6.07, 6.45) is 17.1. The molecule has 0 nitrogen and oxygen atoms in total. The number of hydrogen-bond donors (Lipinski definition) is 0. The molecule has 0 aliphatic carbocycles. The van der Waals surface area contributed by atoms with Crippen molar-refractivity contribution in [3.05, 3.63) is 24.8 Å². The minimum atomic E-state index is 1.22. The second kappa shape index (κ2) is 11.5. The fourth-order valence-corrected chi connectivity index (χ4v) is 1.41. The minimum Gasteiger partial charge on any atom is -0.0991 e. The van der Waals surface area contributed by atoms with Crippen molar-refractivity contribution in [1.82, 2.24) is 0 Å². The highest BCUT2D eigenvalue weighted by molar-refractivity contribution is 4.96. The second-order valence-corrected chi connectivity index (χ2v) is 3.57. The van der Waals surface area contributed by atoms with E-state index in [-0.39, 0.29) is 0 Å². The summed E-state index contributed by atoms with van der Waals surface area (Å²) in [5, 5.41) is 0. The van der Waals surface area contributed by atoms with E-state index >= 15 is 0 Å². The first kappa shape index (κ1) is 12.5. The molecule has 0 fully saturated rings. The van der Waals surface area contributed by atoms with E-state index < -0.39 is 0 Å². The van der Waals surface area contributed by atoms with Crippen LogP contribution < -0.4 is 0 Å². The zero-order valence-corrected chi connectivity index (χ0v) is 9.10. The Morgan fingerprint density at radius 3 is 2.15 bits per heavy atom. The molecule has 0 atom stereocenters. The normalized spacial score (nSPS) is 10.8. The van der Waals surface area contributed by atoms with Gasteiger partial charge in [0.15, 0.2) is 0 Å². The quantitative estimate of drug-likeness (QED) is 0.351. The lowest BCUT2D eigenvalue weighted by Crippen LogP contribution is -1.78. The maximum Gasteiger partial charge on any atom is -0.0348 e. The Balaban J connectivity index is 2.91. The van der Waals surface area contributed by atoms with Crippen LogP contribution in [0.25, 0.3) is 0 Å². The minimum absolute atomic E-state index is 1.22. The van der Waals surface area contributed by atoms with Gasteiger partial charge < -0.3 is 0 Å². The van der Waals surface area contributed by atoms with Gasteiger partial charge in [-0.2, -0.15) is 0 Å². The van der Waals surface area contributed by atoms with Crippen LogP contribution in [0.3, 0.4) is 0 Å². The Kier molecular flexibility index (Phi) is 11.0. The van der Waals surface area contributed by atoms with Crippen molar-refractivity contribution in [2.45, 2.75) is 58.3 Å². The van der Waals surface area contributed by atoms with E-state index in [0.717, 1.165) is 0 Å². The number of hydrogen-bond acceptors (Lipinski definition) is 0. The molecule has 0 heteroatoms. The van der Waals surface area contributed by atoms with Crippen LogP contribution >= 0.6 is 0 Å². The van der Waals surface area contributed by atoms with Gasteiger partial charge in [-0.15, -0.1) is 0 Å². The van der Waals surface area contributed by atoms with E-state index in [1.807, 2.05) is 12.2 Å². The topological polar surface area (TPSA) is 0 Å². The zero-order chi connectivity index (χ0) is 9.78. The molecule has 0 amide bonds. The summed E-state index contributed by atoms with van der Waals surface area (Å²) in [7, 11) is 0. The van der Waals surface area contributed by atoms with Crippen molar-refractivity contribution < 1.29 is 0 Å². The lowest BCUT2D eigenvalue weighted by atomic mass is 10.1. The molecule has 0 saturated carbocycles. The molecule has 0 saturated heterocycles. The van der Waals surface area contributed by atoms with Crippen LogP contribution in [0, 0.1) is 0 Å². The van der Waals surface area contributed by atoms with Gasteiger partial charge in [0.25, 0.3) is 0 Å². The summed E-state index contributed by atoms with van der Waals surface area (Å²) >= 11 is 0. The van der Waals surface area contributed by atoms with E-state index in [4.69, 9.17) is 0 Å². The van der Waals surface area contributed by atoms with Crippen LogP contribution in [-0.4, -0.2) is 0 Å². The van der Waals surface area contributed by atoms with Gasteiger partial charge in [-0.25, -0.2) is 0 Å². The molecule has 0 aromatic heterocycles. The molecule has 0 bridgehead atoms. The third-order valence-electron chi connectivity index (χ3n) is 2.25. The van der Waals surface area contributed by atoms with Crippen molar-refractivity contribution in [2.24, 2.45) is 0 Å². The van der Waals surface area contributed by atoms with Gasteiger partial charge >= 0.3 is 0 Å². The zero-order valence-electron chi connectivity index (χ0n) is 9.10. The molecule has 0 aromatic rings. The molecule has 0 aliphatic heterocycles. The summed E-state index contributed by atoms with van der Waals surface area (Å²) in [6.45, 7) is 5.91. The highest BCUT2D eigenvalue weighted by atomic mass is 13.9. The van der Waals surface area contributed by atoms with Crippen molar-refractivity contribution in [2.75, 3.05) is 0 Å². The second-order valence-electron chi connectivity index (χ2n) is 3.57. The van der Waals surface area contributed by atoms with Gasteiger partial charge in [0, 0.05) is 0 Å². The molecule has 13 heavy (non-hydrogen) atoms. The maximum atomic E-state index is 3.64. The Morgan fingerprint density at radius 1 is 0.923 bits per heavy atom. The largest absolute Gasteiger partial charge is 0.0991 e. The van der Waals surface area contributed by atoms with Crippen molar-refractivity contribution in [3.63, 3.8) is 0 Å². The van der Waals surface area contributed by atoms with Crippen LogP contribution in [0.5, 0.6) is 0 Å². The Labute approximate surface area is 83.7 Å². The Bertz CT molecular complexity index is 122. The van der Waals surface area contributed by atoms with E-state index in [1.54, 1.807) is 0 Å². The van der Waals surface area contributed by atoms with Gasteiger partial charge in [0.1, 0.15) is 0 Å². The van der Waals surface area contributed by atoms with Crippen molar-refractivity contribution in [3.8, 4) is 0 Å². The fourth-order valence-electron chi connectivity index (χ4n) is 1.41. The smallest absolute Gasteiger partial charge is 0.0348 e. The van der Waals surface area contributed by atoms with E-state index in [2.05, 4.69) is 19.6 Å². The molecule has 0 heterocycles. The molecule has 0 spiro atoms. The monoisotopic (exact) mass is 180 g/mol. The average Bonchev–Trinajstić information content (AvgIpc) is 2.16. The highest BCUT2D eigenvalue weighted by Crippen LogP contribution is 2.08. The molecule has 76 valence electrons. The first-order chi connectivity index (χ1) is 6.41. The van der Waals surface area contributed by atoms with Crippen LogP contribution in [-0.2, 0) is 0 Å². The average molecular weight is 180 g/mol. The third kappa shape index (κ3) is 11.5. The fraction of sp³-hybridized carbons (Fsp3) is 0.692. The van der Waals surface area contributed by atoms with Gasteiger partial charge in [-0.1, -0.05) is 70.3 Å². The predicted octanol–water partition coefficient (Wildman–Crippen LogP) is 4.87. The summed E-state index contributed by atoms with van der Waals surface area (Å²) < 4.78 is 0. The third-order valence-corrected chi connectivity index (χ3v) is 2.25. The summed E-state index contributed by atoms with van der Waals surface area (Å²) in [5.74, 6) is 0. The van der Waals surface area contributed by atoms with Crippen molar-refractivity contribution >= 4 is 0 Å². The molecular weight excluding hydrogens is 156 g/mol. The Morgan fingerprint density at radius 2 is 1.54 bits per heavy atom. The maximum absolute atomic E-state index is 3.64. The van der Waals surface area contributed by atoms with E-state index in [0.29, 0.717) is 0 Å². The first-order valence-corrected chi connectivity index (χ1v) is 5.69. The molecular formula is C13H24. The lowest BCUT2D eigenvalue weighted by Gasteiger charge is -1.98. The van der Waals surface area contributed by atoms with Gasteiger partial charge in [-0.05, 0) is 12.8 Å². The highest BCUT2D eigenvalue weighted by Gasteiger charge is 1.88. The Hall–Kier alpha value is -0.520. The van der Waals surface area contributed by atoms with Gasteiger partial charge in [0.2, 0.25) is 0 Å². The molecule has 0 unspecified atom stereocenters. The number of allylic oxidation sites excluding steroid dienone is 3. The summed E-state index contributed by atoms with van der Waals surface area (Å²) in [5.41, 5.74) is 0. The molecule has 0 aliphatic rings. The van der Waals surface area contributed by atoms with Crippen LogP contribution in [0.2, 0.25) is 0 Å². The SMILES string of the molecule is C=CC=CCCCCCCCCC. The van der Waals surface area contributed by atoms with Crippen molar-refractivity contribution in [1.29, 1.82) is 0 Å². The number of rotatable bonds is 9. The lowest BCUT2D eigenvalue weighted by molar-refractivity contribution is 0.592. The standard InChI is InChI=1S/C13H24/c1-3-5-7-9-11-13-12-10-8-6-4-2/h3,5,7H,1,4,6,8-13H2,2H3. The van der Waals surface area contributed by atoms with Gasteiger partial charge in [-0.3, -0.25) is 0 Å². The van der Waals surface area contributed by atoms with Crippen LogP contribution in [0.4, 0.5) is 0 Å². The molecule has 0 aromatic carbocycles. The predicted molar refractivity (Wildman–Crippen MR) is 61.9 cm³/mol. The van der Waals surface area contributed by atoms with E-state index in [9.17, 15) is 0 Å². The molecule has 0 radical (unpaired) electrons. The van der Waals surface area contributed by atoms with Crippen LogP contribution in [0.15, 0.2) is 24.8 Å². The molecule has 0 rings (SSSR count). The summed E-state index contributed by atoms with van der Waals surface area (Å²) in [4.78, 5) is 0. The number of unbranched alkanes of at least 4 members (excludes halogenated alkanes) is 7. The first-order valence-electron chi connectivity index (χ1n) is 5.69. The summed E-state index contributed by atoms with van der Waals surface area (Å²) in [6, 6.07) is 0. The van der Waals surface area contributed by atoms with Crippen LogP contribution in [0.1, 0.15) is 58.3 Å². The van der Waals surface area contributed by atoms with E-state index in [1.165, 1.54) is 51.4 Å².